The minimum atomic E-state index is -0.863. The van der Waals surface area contributed by atoms with Gasteiger partial charge in [-0.1, -0.05) is 30.3 Å². The quantitative estimate of drug-likeness (QED) is 0.878. The molecule has 0 unspecified atom stereocenters. The molecule has 1 aliphatic heterocycles. The van der Waals surface area contributed by atoms with Crippen molar-refractivity contribution in [1.29, 1.82) is 0 Å². The van der Waals surface area contributed by atoms with E-state index in [9.17, 15) is 4.79 Å². The average molecular weight is 340 g/mol. The van der Waals surface area contributed by atoms with Crippen molar-refractivity contribution in [1.82, 2.24) is 0 Å². The maximum Gasteiger partial charge on any atom is 0.244 e. The van der Waals surface area contributed by atoms with E-state index in [2.05, 4.69) is 17.4 Å². The summed E-state index contributed by atoms with van der Waals surface area (Å²) in [4.78, 5) is 12.6. The third-order valence-corrected chi connectivity index (χ3v) is 4.61. The molecule has 0 saturated carbocycles. The van der Waals surface area contributed by atoms with Gasteiger partial charge in [-0.3, -0.25) is 4.79 Å². The third-order valence-electron chi connectivity index (χ3n) is 4.61. The van der Waals surface area contributed by atoms with Gasteiger partial charge < -0.3 is 20.5 Å². The number of hydrogen-bond donors (Lipinski definition) is 2. The number of nitrogens with one attached hydrogen (secondary N) is 1. The van der Waals surface area contributed by atoms with Crippen LogP contribution >= 0.6 is 0 Å². The van der Waals surface area contributed by atoms with Crippen LogP contribution in [0, 0.1) is 0 Å². The maximum atomic E-state index is 12.6. The molecular weight excluding hydrogens is 316 g/mol. The SMILES string of the molecule is COc1ccc(NC(=O)C2(N)CCOCC2)cc1Cc1ccccc1. The van der Waals surface area contributed by atoms with Crippen LogP contribution in [0.25, 0.3) is 0 Å². The Hall–Kier alpha value is -2.37. The highest BCUT2D eigenvalue weighted by atomic mass is 16.5. The van der Waals surface area contributed by atoms with Gasteiger partial charge in [0.2, 0.25) is 5.91 Å². The minimum Gasteiger partial charge on any atom is -0.496 e. The molecule has 3 N–H and O–H groups in total. The van der Waals surface area contributed by atoms with Gasteiger partial charge in [0, 0.05) is 30.9 Å². The summed E-state index contributed by atoms with van der Waals surface area (Å²) in [5, 5.41) is 2.95. The Morgan fingerprint density at radius 3 is 2.60 bits per heavy atom. The maximum absolute atomic E-state index is 12.6. The van der Waals surface area contributed by atoms with Gasteiger partial charge in [0.05, 0.1) is 7.11 Å². The van der Waals surface area contributed by atoms with E-state index in [1.54, 1.807) is 7.11 Å². The third kappa shape index (κ3) is 4.18. The Balaban J connectivity index is 1.78. The van der Waals surface area contributed by atoms with Gasteiger partial charge in [0.15, 0.2) is 0 Å². The Morgan fingerprint density at radius 1 is 1.20 bits per heavy atom. The van der Waals surface area contributed by atoms with E-state index < -0.39 is 5.54 Å². The lowest BCUT2D eigenvalue weighted by Gasteiger charge is -2.31. The van der Waals surface area contributed by atoms with Gasteiger partial charge in [0.1, 0.15) is 11.3 Å². The second-order valence-corrected chi connectivity index (χ2v) is 6.41. The molecule has 0 aliphatic carbocycles. The van der Waals surface area contributed by atoms with Gasteiger partial charge in [0.25, 0.3) is 0 Å². The molecule has 0 atom stereocenters. The van der Waals surface area contributed by atoms with Crippen molar-refractivity contribution in [3.63, 3.8) is 0 Å². The number of methoxy groups -OCH3 is 1. The van der Waals surface area contributed by atoms with Crippen molar-refractivity contribution in [2.75, 3.05) is 25.6 Å². The van der Waals surface area contributed by atoms with E-state index in [4.69, 9.17) is 15.2 Å². The molecule has 25 heavy (non-hydrogen) atoms. The van der Waals surface area contributed by atoms with Crippen molar-refractivity contribution in [3.8, 4) is 5.75 Å². The lowest BCUT2D eigenvalue weighted by molar-refractivity contribution is -0.124. The second-order valence-electron chi connectivity index (χ2n) is 6.41. The van der Waals surface area contributed by atoms with E-state index in [-0.39, 0.29) is 5.91 Å². The number of rotatable bonds is 5. The fourth-order valence-electron chi connectivity index (χ4n) is 3.03. The predicted octanol–water partition coefficient (Wildman–Crippen LogP) is 2.73. The van der Waals surface area contributed by atoms with E-state index in [0.29, 0.717) is 26.1 Å². The molecule has 0 spiro atoms. The molecule has 132 valence electrons. The van der Waals surface area contributed by atoms with Crippen LogP contribution in [-0.2, 0) is 16.0 Å². The molecule has 1 saturated heterocycles. The number of anilines is 1. The normalized spacial score (nSPS) is 16.2. The lowest BCUT2D eigenvalue weighted by Crippen LogP contribution is -2.54. The van der Waals surface area contributed by atoms with Crippen LogP contribution in [0.3, 0.4) is 0 Å². The Labute approximate surface area is 148 Å². The number of carbonyl (C=O) groups is 1. The highest BCUT2D eigenvalue weighted by Gasteiger charge is 2.35. The molecule has 1 amide bonds. The van der Waals surface area contributed by atoms with Crippen molar-refractivity contribution >= 4 is 11.6 Å². The van der Waals surface area contributed by atoms with E-state index in [1.165, 1.54) is 5.56 Å². The number of nitrogens with two attached hydrogens (primary N) is 1. The molecule has 1 heterocycles. The van der Waals surface area contributed by atoms with Crippen LogP contribution in [0.15, 0.2) is 48.5 Å². The second kappa shape index (κ2) is 7.68. The van der Waals surface area contributed by atoms with Gasteiger partial charge in [-0.2, -0.15) is 0 Å². The fraction of sp³-hybridized carbons (Fsp3) is 0.350. The molecule has 0 bridgehead atoms. The zero-order chi connectivity index (χ0) is 17.7. The topological polar surface area (TPSA) is 73.6 Å². The molecule has 5 nitrogen and oxygen atoms in total. The largest absolute Gasteiger partial charge is 0.496 e. The predicted molar refractivity (Wildman–Crippen MR) is 97.8 cm³/mol. The zero-order valence-corrected chi connectivity index (χ0v) is 14.5. The van der Waals surface area contributed by atoms with Crippen molar-refractivity contribution < 1.29 is 14.3 Å². The number of amides is 1. The summed E-state index contributed by atoms with van der Waals surface area (Å²) in [6, 6.07) is 15.8. The van der Waals surface area contributed by atoms with Crippen LogP contribution in [0.4, 0.5) is 5.69 Å². The zero-order valence-electron chi connectivity index (χ0n) is 14.5. The molecule has 1 fully saturated rings. The average Bonchev–Trinajstić information content (AvgIpc) is 2.63. The molecular formula is C20H24N2O3. The molecule has 5 heteroatoms. The summed E-state index contributed by atoms with van der Waals surface area (Å²) in [7, 11) is 1.65. The van der Waals surface area contributed by atoms with Crippen molar-refractivity contribution in [3.05, 3.63) is 59.7 Å². The van der Waals surface area contributed by atoms with Crippen LogP contribution < -0.4 is 15.8 Å². The molecule has 0 radical (unpaired) electrons. The highest BCUT2D eigenvalue weighted by molar-refractivity contribution is 5.98. The van der Waals surface area contributed by atoms with Crippen LogP contribution in [-0.4, -0.2) is 31.8 Å². The number of carbonyl (C=O) groups excluding carboxylic acids is 1. The summed E-state index contributed by atoms with van der Waals surface area (Å²) < 4.78 is 10.8. The Kier molecular flexibility index (Phi) is 5.36. The molecule has 1 aliphatic rings. The van der Waals surface area contributed by atoms with Crippen LogP contribution in [0.5, 0.6) is 5.75 Å². The summed E-state index contributed by atoms with van der Waals surface area (Å²) in [6.45, 7) is 1.04. The first-order valence-electron chi connectivity index (χ1n) is 8.50. The first kappa shape index (κ1) is 17.5. The van der Waals surface area contributed by atoms with Crippen LogP contribution in [0.2, 0.25) is 0 Å². The van der Waals surface area contributed by atoms with Crippen molar-refractivity contribution in [2.45, 2.75) is 24.8 Å². The van der Waals surface area contributed by atoms with Gasteiger partial charge in [-0.05, 0) is 36.6 Å². The van der Waals surface area contributed by atoms with E-state index in [0.717, 1.165) is 23.4 Å². The minimum absolute atomic E-state index is 0.161. The Bertz CT molecular complexity index is 725. The number of benzene rings is 2. The summed E-state index contributed by atoms with van der Waals surface area (Å²) in [5.41, 5.74) is 8.32. The lowest BCUT2D eigenvalue weighted by atomic mass is 9.90. The standard InChI is InChI=1S/C20H24N2O3/c1-24-18-8-7-17(14-16(18)13-15-5-3-2-4-6-15)22-19(23)20(21)9-11-25-12-10-20/h2-8,14H,9-13,21H2,1H3,(H,22,23). The Morgan fingerprint density at radius 2 is 1.92 bits per heavy atom. The fourth-order valence-corrected chi connectivity index (χ4v) is 3.03. The summed E-state index contributed by atoms with van der Waals surface area (Å²) in [5.74, 6) is 0.641. The number of hydrogen-bond acceptors (Lipinski definition) is 4. The first-order valence-corrected chi connectivity index (χ1v) is 8.50. The van der Waals surface area contributed by atoms with Crippen LogP contribution in [0.1, 0.15) is 24.0 Å². The summed E-state index contributed by atoms with van der Waals surface area (Å²) in [6.07, 6.45) is 1.80. The van der Waals surface area contributed by atoms with Gasteiger partial charge in [-0.15, -0.1) is 0 Å². The first-order chi connectivity index (χ1) is 12.1. The summed E-state index contributed by atoms with van der Waals surface area (Å²) >= 11 is 0. The molecule has 3 rings (SSSR count). The smallest absolute Gasteiger partial charge is 0.244 e. The molecule has 2 aromatic rings. The van der Waals surface area contributed by atoms with E-state index >= 15 is 0 Å². The number of ether oxygens (including phenoxy) is 2. The highest BCUT2D eigenvalue weighted by Crippen LogP contribution is 2.27. The van der Waals surface area contributed by atoms with E-state index in [1.807, 2.05) is 36.4 Å². The monoisotopic (exact) mass is 340 g/mol. The molecule has 2 aromatic carbocycles. The van der Waals surface area contributed by atoms with Gasteiger partial charge >= 0.3 is 0 Å². The molecule has 0 aromatic heterocycles. The van der Waals surface area contributed by atoms with Crippen molar-refractivity contribution in [2.24, 2.45) is 5.73 Å². The van der Waals surface area contributed by atoms with Gasteiger partial charge in [-0.25, -0.2) is 0 Å².